The molecule has 1 aromatic carbocycles. The van der Waals surface area contributed by atoms with E-state index in [1.165, 1.54) is 6.07 Å². The van der Waals surface area contributed by atoms with E-state index in [1.54, 1.807) is 0 Å². The molecule has 5 heteroatoms. The van der Waals surface area contributed by atoms with E-state index in [1.807, 2.05) is 0 Å². The van der Waals surface area contributed by atoms with E-state index < -0.39 is 17.6 Å². The number of fused-ring (bicyclic) bond motifs is 2. The van der Waals surface area contributed by atoms with E-state index in [0.717, 1.165) is 25.0 Å². The summed E-state index contributed by atoms with van der Waals surface area (Å²) in [5, 5.41) is 3.01. The van der Waals surface area contributed by atoms with Crippen LogP contribution in [0.25, 0.3) is 0 Å². The lowest BCUT2D eigenvalue weighted by Crippen LogP contribution is -2.18. The van der Waals surface area contributed by atoms with Crippen molar-refractivity contribution in [2.45, 2.75) is 19.0 Å². The minimum absolute atomic E-state index is 0.325. The summed E-state index contributed by atoms with van der Waals surface area (Å²) in [6, 6.07) is 3.07. The molecule has 3 rings (SSSR count). The Morgan fingerprint density at radius 3 is 2.55 bits per heavy atom. The number of hydrogen-bond donors (Lipinski definition) is 1. The molecule has 20 heavy (non-hydrogen) atoms. The van der Waals surface area contributed by atoms with Gasteiger partial charge in [-0.1, -0.05) is 12.2 Å². The van der Waals surface area contributed by atoms with E-state index in [2.05, 4.69) is 17.5 Å². The van der Waals surface area contributed by atoms with Crippen molar-refractivity contribution in [2.24, 2.45) is 17.8 Å². The van der Waals surface area contributed by atoms with Crippen LogP contribution in [0, 0.1) is 23.6 Å². The summed E-state index contributed by atoms with van der Waals surface area (Å²) in [5.74, 6) is 0.399. The maximum atomic E-state index is 13.2. The molecule has 1 N–H and O–H groups in total. The maximum Gasteiger partial charge on any atom is 0.419 e. The molecule has 0 aliphatic heterocycles. The van der Waals surface area contributed by atoms with Crippen LogP contribution in [0.3, 0.4) is 0 Å². The lowest BCUT2D eigenvalue weighted by Gasteiger charge is -2.19. The number of hydrogen-bond acceptors (Lipinski definition) is 1. The van der Waals surface area contributed by atoms with Crippen LogP contribution < -0.4 is 5.32 Å². The van der Waals surface area contributed by atoms with Crippen molar-refractivity contribution in [1.29, 1.82) is 0 Å². The zero-order chi connectivity index (χ0) is 14.3. The van der Waals surface area contributed by atoms with Crippen LogP contribution in [-0.2, 0) is 6.18 Å². The highest BCUT2D eigenvalue weighted by molar-refractivity contribution is 5.47. The molecular formula is C15H15F4N. The highest BCUT2D eigenvalue weighted by Gasteiger charge is 2.36. The van der Waals surface area contributed by atoms with Crippen LogP contribution in [0.4, 0.5) is 23.2 Å². The van der Waals surface area contributed by atoms with E-state index in [-0.39, 0.29) is 0 Å². The van der Waals surface area contributed by atoms with Crippen molar-refractivity contribution >= 4 is 5.69 Å². The highest BCUT2D eigenvalue weighted by atomic mass is 19.4. The van der Waals surface area contributed by atoms with Crippen LogP contribution in [0.15, 0.2) is 30.4 Å². The highest BCUT2D eigenvalue weighted by Crippen LogP contribution is 2.43. The fourth-order valence-electron chi connectivity index (χ4n) is 3.23. The Kier molecular flexibility index (Phi) is 3.22. The van der Waals surface area contributed by atoms with Gasteiger partial charge in [-0.15, -0.1) is 0 Å². The van der Waals surface area contributed by atoms with Crippen molar-refractivity contribution in [3.63, 3.8) is 0 Å². The number of halogens is 4. The molecule has 2 aliphatic carbocycles. The molecule has 0 spiro atoms. The average molecular weight is 285 g/mol. The van der Waals surface area contributed by atoms with Crippen LogP contribution in [-0.4, -0.2) is 6.54 Å². The molecule has 1 nitrogen and oxygen atoms in total. The number of allylic oxidation sites excluding steroid dienone is 2. The molecule has 2 aliphatic rings. The summed E-state index contributed by atoms with van der Waals surface area (Å²) in [7, 11) is 0. The number of rotatable bonds is 3. The van der Waals surface area contributed by atoms with Gasteiger partial charge in [-0.2, -0.15) is 13.2 Å². The third-order valence-corrected chi connectivity index (χ3v) is 4.26. The van der Waals surface area contributed by atoms with Gasteiger partial charge in [0.15, 0.2) is 0 Å². The van der Waals surface area contributed by atoms with Gasteiger partial charge in [0, 0.05) is 12.2 Å². The molecule has 2 bridgehead atoms. The predicted molar refractivity (Wildman–Crippen MR) is 68.7 cm³/mol. The molecule has 1 aromatic rings. The summed E-state index contributed by atoms with van der Waals surface area (Å²) in [4.78, 5) is 0. The average Bonchev–Trinajstić information content (AvgIpc) is 2.98. The fourth-order valence-corrected chi connectivity index (χ4v) is 3.23. The van der Waals surface area contributed by atoms with Crippen molar-refractivity contribution in [3.05, 3.63) is 41.7 Å². The molecule has 0 radical (unpaired) electrons. The quantitative estimate of drug-likeness (QED) is 0.638. The molecule has 3 unspecified atom stereocenters. The third-order valence-electron chi connectivity index (χ3n) is 4.26. The lowest BCUT2D eigenvalue weighted by atomic mass is 9.93. The minimum atomic E-state index is -4.66. The molecule has 3 atom stereocenters. The summed E-state index contributed by atoms with van der Waals surface area (Å²) in [6.07, 6.45) is 2.01. The summed E-state index contributed by atoms with van der Waals surface area (Å²) in [5.41, 5.74) is -0.888. The van der Waals surface area contributed by atoms with E-state index in [0.29, 0.717) is 30.0 Å². The molecule has 0 saturated heterocycles. The molecule has 0 amide bonds. The van der Waals surface area contributed by atoms with Gasteiger partial charge in [-0.25, -0.2) is 4.39 Å². The second-order valence-electron chi connectivity index (χ2n) is 5.61. The van der Waals surface area contributed by atoms with Gasteiger partial charge in [0.1, 0.15) is 5.82 Å². The SMILES string of the molecule is Fc1ccc(NCC2CC3C=CC2C3)cc1C(F)(F)F. The van der Waals surface area contributed by atoms with Crippen LogP contribution in [0.2, 0.25) is 0 Å². The Bertz CT molecular complexity index is 535. The van der Waals surface area contributed by atoms with E-state index in [9.17, 15) is 17.6 Å². The summed E-state index contributed by atoms with van der Waals surface area (Å²) < 4.78 is 51.0. The van der Waals surface area contributed by atoms with Gasteiger partial charge in [0.25, 0.3) is 0 Å². The lowest BCUT2D eigenvalue weighted by molar-refractivity contribution is -0.139. The predicted octanol–water partition coefficient (Wildman–Crippen LogP) is 4.47. The largest absolute Gasteiger partial charge is 0.419 e. The molecular weight excluding hydrogens is 270 g/mol. The van der Waals surface area contributed by atoms with E-state index in [4.69, 9.17) is 0 Å². The maximum absolute atomic E-state index is 13.2. The van der Waals surface area contributed by atoms with Gasteiger partial charge in [-0.05, 0) is 48.8 Å². The molecule has 0 heterocycles. The zero-order valence-corrected chi connectivity index (χ0v) is 10.8. The first-order valence-corrected chi connectivity index (χ1v) is 6.72. The van der Waals surface area contributed by atoms with Crippen LogP contribution >= 0.6 is 0 Å². The molecule has 0 aromatic heterocycles. The molecule has 108 valence electrons. The van der Waals surface area contributed by atoms with Crippen molar-refractivity contribution in [1.82, 2.24) is 0 Å². The zero-order valence-electron chi connectivity index (χ0n) is 10.8. The van der Waals surface area contributed by atoms with Crippen molar-refractivity contribution in [3.8, 4) is 0 Å². The summed E-state index contributed by atoms with van der Waals surface area (Å²) >= 11 is 0. The van der Waals surface area contributed by atoms with Crippen molar-refractivity contribution < 1.29 is 17.6 Å². The first-order chi connectivity index (χ1) is 9.43. The smallest absolute Gasteiger partial charge is 0.385 e. The minimum Gasteiger partial charge on any atom is -0.385 e. The first kappa shape index (κ1) is 13.5. The van der Waals surface area contributed by atoms with Crippen LogP contribution in [0.1, 0.15) is 18.4 Å². The summed E-state index contributed by atoms with van der Waals surface area (Å²) in [6.45, 7) is 0.633. The third kappa shape index (κ3) is 2.53. The Labute approximate surface area is 114 Å². The first-order valence-electron chi connectivity index (χ1n) is 6.72. The van der Waals surface area contributed by atoms with Crippen LogP contribution in [0.5, 0.6) is 0 Å². The number of alkyl halides is 3. The van der Waals surface area contributed by atoms with Gasteiger partial charge in [0.2, 0.25) is 0 Å². The molecule has 1 fully saturated rings. The van der Waals surface area contributed by atoms with Crippen molar-refractivity contribution in [2.75, 3.05) is 11.9 Å². The Morgan fingerprint density at radius 1 is 1.15 bits per heavy atom. The standard InChI is InChI=1S/C15H15F4N/c16-14-4-3-12(7-13(14)15(17,18)19)20-8-11-6-9-1-2-10(11)5-9/h1-4,7,9-11,20H,5-6,8H2. The topological polar surface area (TPSA) is 12.0 Å². The number of benzene rings is 1. The second kappa shape index (κ2) is 4.79. The monoisotopic (exact) mass is 285 g/mol. The van der Waals surface area contributed by atoms with Gasteiger partial charge in [-0.3, -0.25) is 0 Å². The number of nitrogens with one attached hydrogen (secondary N) is 1. The Balaban J connectivity index is 1.68. The van der Waals surface area contributed by atoms with E-state index >= 15 is 0 Å². The Hall–Kier alpha value is -1.52. The second-order valence-corrected chi connectivity index (χ2v) is 5.61. The van der Waals surface area contributed by atoms with Gasteiger partial charge >= 0.3 is 6.18 Å². The molecule has 1 saturated carbocycles. The van der Waals surface area contributed by atoms with Gasteiger partial charge < -0.3 is 5.32 Å². The normalized spacial score (nSPS) is 28.1. The Morgan fingerprint density at radius 2 is 1.95 bits per heavy atom. The number of anilines is 1. The van der Waals surface area contributed by atoms with Gasteiger partial charge in [0.05, 0.1) is 5.56 Å². The fraction of sp³-hybridized carbons (Fsp3) is 0.467.